The lowest BCUT2D eigenvalue weighted by molar-refractivity contribution is 0.237. The van der Waals surface area contributed by atoms with E-state index in [-0.39, 0.29) is 5.56 Å². The number of aromatic nitrogens is 4. The van der Waals surface area contributed by atoms with Crippen LogP contribution in [0.1, 0.15) is 47.7 Å². The van der Waals surface area contributed by atoms with E-state index in [9.17, 15) is 4.79 Å². The Bertz CT molecular complexity index is 1130. The van der Waals surface area contributed by atoms with Crippen molar-refractivity contribution >= 4 is 11.4 Å². The molecule has 0 radical (unpaired) electrons. The summed E-state index contributed by atoms with van der Waals surface area (Å²) >= 11 is 0. The van der Waals surface area contributed by atoms with Gasteiger partial charge in [-0.05, 0) is 38.3 Å². The van der Waals surface area contributed by atoms with Crippen LogP contribution in [0.3, 0.4) is 0 Å². The van der Waals surface area contributed by atoms with Crippen molar-refractivity contribution < 1.29 is 0 Å². The summed E-state index contributed by atoms with van der Waals surface area (Å²) < 4.78 is 2.14. The van der Waals surface area contributed by atoms with E-state index in [4.69, 9.17) is 4.98 Å². The van der Waals surface area contributed by atoms with Gasteiger partial charge in [0.2, 0.25) is 0 Å². The molecule has 0 aromatic carbocycles. The maximum absolute atomic E-state index is 12.8. The summed E-state index contributed by atoms with van der Waals surface area (Å²) in [7, 11) is 0. The Kier molecular flexibility index (Phi) is 4.31. The smallest absolute Gasteiger partial charge is 0.255 e. The van der Waals surface area contributed by atoms with Crippen LogP contribution >= 0.6 is 0 Å². The average Bonchev–Trinajstić information content (AvgIpc) is 3.04. The van der Waals surface area contributed by atoms with Gasteiger partial charge in [-0.3, -0.25) is 14.7 Å². The molecule has 0 atom stereocenters. The van der Waals surface area contributed by atoms with E-state index < -0.39 is 0 Å². The molecular weight excluding hydrogens is 352 g/mol. The highest BCUT2D eigenvalue weighted by molar-refractivity contribution is 5.97. The Balaban J connectivity index is 1.41. The number of fused-ring (bicyclic) bond motifs is 2. The van der Waals surface area contributed by atoms with Crippen LogP contribution in [0.25, 0.3) is 5.65 Å². The average molecular weight is 376 g/mol. The second-order valence-corrected chi connectivity index (χ2v) is 7.66. The molecule has 1 N–H and O–H groups in total. The first-order chi connectivity index (χ1) is 13.7. The molecule has 28 heavy (non-hydrogen) atoms. The summed E-state index contributed by atoms with van der Waals surface area (Å²) in [6.45, 7) is 5.15. The Labute approximate surface area is 163 Å². The molecule has 0 saturated heterocycles. The molecule has 0 aliphatic carbocycles. The number of nitrogens with one attached hydrogen (secondary N) is 1. The summed E-state index contributed by atoms with van der Waals surface area (Å²) in [6.07, 6.45) is 5.98. The zero-order chi connectivity index (χ0) is 19.1. The first-order valence-electron chi connectivity index (χ1n) is 10.00. The van der Waals surface area contributed by atoms with Crippen LogP contribution in [-0.2, 0) is 19.5 Å². The molecule has 7 heteroatoms. The molecule has 0 amide bonds. The van der Waals surface area contributed by atoms with Gasteiger partial charge in [0.15, 0.2) is 5.82 Å². The second-order valence-electron chi connectivity index (χ2n) is 7.66. The van der Waals surface area contributed by atoms with E-state index in [1.54, 1.807) is 0 Å². The molecule has 144 valence electrons. The van der Waals surface area contributed by atoms with Crippen LogP contribution < -0.4 is 5.56 Å². The topological polar surface area (TPSA) is 78.7 Å². The van der Waals surface area contributed by atoms with Crippen molar-refractivity contribution in [2.24, 2.45) is 4.99 Å². The molecule has 0 saturated carbocycles. The monoisotopic (exact) mass is 376 g/mol. The molecule has 0 fully saturated rings. The molecule has 0 bridgehead atoms. The highest BCUT2D eigenvalue weighted by Gasteiger charge is 2.24. The van der Waals surface area contributed by atoms with Gasteiger partial charge >= 0.3 is 0 Å². The molecular formula is C21H24N6O. The van der Waals surface area contributed by atoms with Crippen molar-refractivity contribution in [3.63, 3.8) is 0 Å². The number of pyridine rings is 1. The second kappa shape index (κ2) is 6.98. The number of hydrogen-bond donors (Lipinski definition) is 1. The van der Waals surface area contributed by atoms with Crippen LogP contribution in [-0.4, -0.2) is 43.1 Å². The van der Waals surface area contributed by atoms with Gasteiger partial charge in [0, 0.05) is 38.8 Å². The Hall–Kier alpha value is -2.80. The fourth-order valence-electron chi connectivity index (χ4n) is 4.21. The maximum atomic E-state index is 12.8. The van der Waals surface area contributed by atoms with Gasteiger partial charge in [-0.1, -0.05) is 6.07 Å². The van der Waals surface area contributed by atoms with Gasteiger partial charge in [-0.2, -0.15) is 0 Å². The molecule has 0 unspecified atom stereocenters. The number of aryl methyl sites for hydroxylation is 1. The lowest BCUT2D eigenvalue weighted by Crippen LogP contribution is -2.36. The number of hydrogen-bond acceptors (Lipinski definition) is 5. The summed E-state index contributed by atoms with van der Waals surface area (Å²) in [6, 6.07) is 6.04. The van der Waals surface area contributed by atoms with E-state index in [1.165, 1.54) is 5.69 Å². The Morgan fingerprint density at radius 2 is 2.11 bits per heavy atom. The van der Waals surface area contributed by atoms with E-state index in [2.05, 4.69) is 24.3 Å². The molecule has 3 aromatic heterocycles. The van der Waals surface area contributed by atoms with Gasteiger partial charge in [-0.15, -0.1) is 0 Å². The van der Waals surface area contributed by atoms with Crippen LogP contribution in [0.15, 0.2) is 34.2 Å². The predicted molar refractivity (Wildman–Crippen MR) is 108 cm³/mol. The molecule has 2 aliphatic heterocycles. The number of rotatable bonds is 3. The van der Waals surface area contributed by atoms with Crippen molar-refractivity contribution in [3.05, 3.63) is 63.2 Å². The number of H-pyrrole nitrogens is 1. The van der Waals surface area contributed by atoms with Crippen molar-refractivity contribution in [1.82, 2.24) is 24.3 Å². The lowest BCUT2D eigenvalue weighted by Gasteiger charge is -2.28. The van der Waals surface area contributed by atoms with Gasteiger partial charge in [-0.25, -0.2) is 9.97 Å². The standard InChI is InChI=1S/C21H24N6O/c1-14-18(27-10-5-3-7-19(27)23-14)13-26-11-8-16-15(12-26)21(28)25-20(24-16)17-6-2-4-9-22-17/h3,5,7,10H,2,4,6,8-9,11-13H2,1H3,(H,24,25,28). The lowest BCUT2D eigenvalue weighted by atomic mass is 10.0. The van der Waals surface area contributed by atoms with Gasteiger partial charge in [0.25, 0.3) is 5.56 Å². The van der Waals surface area contributed by atoms with Crippen molar-refractivity contribution in [3.8, 4) is 0 Å². The zero-order valence-corrected chi connectivity index (χ0v) is 16.1. The van der Waals surface area contributed by atoms with E-state index in [1.807, 2.05) is 31.3 Å². The third-order valence-corrected chi connectivity index (χ3v) is 5.75. The predicted octanol–water partition coefficient (Wildman–Crippen LogP) is 2.26. The van der Waals surface area contributed by atoms with E-state index in [0.717, 1.165) is 73.6 Å². The minimum atomic E-state index is -0.0205. The number of nitrogens with zero attached hydrogens (tertiary/aromatic N) is 5. The fourth-order valence-corrected chi connectivity index (χ4v) is 4.21. The summed E-state index contributed by atoms with van der Waals surface area (Å²) in [5, 5.41) is 0. The van der Waals surface area contributed by atoms with E-state index in [0.29, 0.717) is 12.4 Å². The Morgan fingerprint density at radius 3 is 2.96 bits per heavy atom. The number of aromatic amines is 1. The van der Waals surface area contributed by atoms with Crippen molar-refractivity contribution in [1.29, 1.82) is 0 Å². The fraction of sp³-hybridized carbons (Fsp3) is 0.429. The van der Waals surface area contributed by atoms with Crippen LogP contribution in [0.4, 0.5) is 0 Å². The highest BCUT2D eigenvalue weighted by atomic mass is 16.1. The van der Waals surface area contributed by atoms with Crippen molar-refractivity contribution in [2.45, 2.75) is 45.7 Å². The number of aliphatic imine (C=N–C) groups is 1. The molecule has 5 rings (SSSR count). The van der Waals surface area contributed by atoms with Gasteiger partial charge in [0.05, 0.1) is 28.4 Å². The maximum Gasteiger partial charge on any atom is 0.255 e. The minimum Gasteiger partial charge on any atom is -0.305 e. The molecule has 0 spiro atoms. The van der Waals surface area contributed by atoms with Crippen LogP contribution in [0, 0.1) is 6.92 Å². The third kappa shape index (κ3) is 3.05. The zero-order valence-electron chi connectivity index (χ0n) is 16.1. The SMILES string of the molecule is Cc1nc2ccccn2c1CN1CCc2nc(C3=NCCCC3)[nH]c(=O)c2C1. The normalized spacial score (nSPS) is 17.5. The summed E-state index contributed by atoms with van der Waals surface area (Å²) in [4.78, 5) is 32.0. The van der Waals surface area contributed by atoms with Gasteiger partial charge in [0.1, 0.15) is 5.65 Å². The summed E-state index contributed by atoms with van der Waals surface area (Å²) in [5.41, 5.74) is 5.83. The largest absolute Gasteiger partial charge is 0.305 e. The molecule has 5 heterocycles. The molecule has 3 aromatic rings. The van der Waals surface area contributed by atoms with E-state index >= 15 is 0 Å². The first kappa shape index (κ1) is 17.3. The first-order valence-corrected chi connectivity index (χ1v) is 10.00. The summed E-state index contributed by atoms with van der Waals surface area (Å²) in [5.74, 6) is 0.675. The molecule has 2 aliphatic rings. The minimum absolute atomic E-state index is 0.0205. The Morgan fingerprint density at radius 1 is 1.18 bits per heavy atom. The molecule has 7 nitrogen and oxygen atoms in total. The third-order valence-electron chi connectivity index (χ3n) is 5.75. The van der Waals surface area contributed by atoms with Gasteiger partial charge < -0.3 is 9.38 Å². The van der Waals surface area contributed by atoms with Crippen molar-refractivity contribution in [2.75, 3.05) is 13.1 Å². The number of imidazole rings is 1. The van der Waals surface area contributed by atoms with Crippen LogP contribution in [0.5, 0.6) is 0 Å². The van der Waals surface area contributed by atoms with Crippen LogP contribution in [0.2, 0.25) is 0 Å². The highest BCUT2D eigenvalue weighted by Crippen LogP contribution is 2.20. The quantitative estimate of drug-likeness (QED) is 0.760.